The number of carboxylic acids is 1. The van der Waals surface area contributed by atoms with Gasteiger partial charge in [-0.05, 0) is 12.1 Å². The molecule has 1 N–H and O–H groups in total. The average Bonchev–Trinajstić information content (AvgIpc) is 2.65. The number of rotatable bonds is 4. The van der Waals surface area contributed by atoms with E-state index in [2.05, 4.69) is 10.4 Å². The molecule has 0 atom stereocenters. The van der Waals surface area contributed by atoms with Crippen LogP contribution in [0.5, 0.6) is 0 Å². The van der Waals surface area contributed by atoms with Crippen molar-refractivity contribution in [3.8, 4) is 0 Å². The van der Waals surface area contributed by atoms with E-state index in [1.807, 2.05) is 0 Å². The Hall–Kier alpha value is -2.32. The highest BCUT2D eigenvalue weighted by atomic mass is 35.5. The summed E-state index contributed by atoms with van der Waals surface area (Å²) in [5.41, 5.74) is -1.17. The van der Waals surface area contributed by atoms with Gasteiger partial charge in [0.25, 0.3) is 5.56 Å². The van der Waals surface area contributed by atoms with Crippen molar-refractivity contribution in [1.29, 1.82) is 0 Å². The minimum Gasteiger partial charge on any atom is -0.543 e. The summed E-state index contributed by atoms with van der Waals surface area (Å²) in [6, 6.07) is 7.27. The third-order valence-corrected chi connectivity index (χ3v) is 5.31. The maximum absolute atomic E-state index is 12.5. The molecule has 1 heterocycles. The highest BCUT2D eigenvalue weighted by Crippen LogP contribution is 2.40. The van der Waals surface area contributed by atoms with Crippen LogP contribution in [0.1, 0.15) is 10.5 Å². The Morgan fingerprint density at radius 1 is 1.04 bits per heavy atom. The lowest BCUT2D eigenvalue weighted by Gasteiger charge is -2.14. The quantitative estimate of drug-likeness (QED) is 0.604. The molecule has 0 saturated carbocycles. The fourth-order valence-electron chi connectivity index (χ4n) is 2.49. The van der Waals surface area contributed by atoms with E-state index in [0.717, 1.165) is 0 Å². The molecule has 0 saturated heterocycles. The van der Waals surface area contributed by atoms with Crippen molar-refractivity contribution in [2.45, 2.75) is 6.54 Å². The SMILES string of the molecule is O=C(Cn1nc(C(=O)[O-])c2ccccc2c1=O)Nc1c(Cl)c(Cl)cc(Cl)c1Cl. The van der Waals surface area contributed by atoms with Crippen LogP contribution in [0.4, 0.5) is 5.69 Å². The summed E-state index contributed by atoms with van der Waals surface area (Å²) >= 11 is 23.9. The molecule has 0 spiro atoms. The highest BCUT2D eigenvalue weighted by Gasteiger charge is 2.18. The number of aromatic nitrogens is 2. The van der Waals surface area contributed by atoms with Gasteiger partial charge in [-0.15, -0.1) is 0 Å². The summed E-state index contributed by atoms with van der Waals surface area (Å²) in [7, 11) is 0. The van der Waals surface area contributed by atoms with Crippen LogP contribution in [0.2, 0.25) is 20.1 Å². The molecular formula is C17H8Cl4N3O4-. The second-order valence-electron chi connectivity index (χ2n) is 5.54. The maximum atomic E-state index is 12.5. The number of nitrogens with one attached hydrogen (secondary N) is 1. The number of benzene rings is 2. The lowest BCUT2D eigenvalue weighted by Crippen LogP contribution is -2.34. The third-order valence-electron chi connectivity index (χ3n) is 3.73. The minimum atomic E-state index is -1.59. The molecule has 3 aromatic rings. The number of halogens is 4. The molecule has 7 nitrogen and oxygen atoms in total. The number of hydrogen-bond donors (Lipinski definition) is 1. The van der Waals surface area contributed by atoms with E-state index in [1.54, 1.807) is 12.1 Å². The second-order valence-corrected chi connectivity index (χ2v) is 7.11. The Kier molecular flexibility index (Phi) is 5.81. The van der Waals surface area contributed by atoms with Crippen LogP contribution in [0, 0.1) is 0 Å². The molecule has 3 rings (SSSR count). The summed E-state index contributed by atoms with van der Waals surface area (Å²) in [4.78, 5) is 36.3. The minimum absolute atomic E-state index is 0.0419. The van der Waals surface area contributed by atoms with Crippen LogP contribution in [-0.4, -0.2) is 21.7 Å². The van der Waals surface area contributed by atoms with E-state index < -0.39 is 29.7 Å². The molecule has 0 aliphatic heterocycles. The van der Waals surface area contributed by atoms with Crippen molar-refractivity contribution < 1.29 is 14.7 Å². The molecular weight excluding hydrogens is 452 g/mol. The molecule has 1 amide bonds. The lowest BCUT2D eigenvalue weighted by atomic mass is 10.1. The molecule has 1 aromatic heterocycles. The van der Waals surface area contributed by atoms with Gasteiger partial charge in [-0.25, -0.2) is 4.68 Å². The number of carboxylic acid groups (broad SMARTS) is 1. The first-order chi connectivity index (χ1) is 13.2. The number of aromatic carboxylic acids is 1. The summed E-state index contributed by atoms with van der Waals surface area (Å²) < 4.78 is 0.705. The third kappa shape index (κ3) is 3.79. The number of nitrogens with zero attached hydrogens (tertiary/aromatic N) is 2. The molecule has 0 bridgehead atoms. The Morgan fingerprint density at radius 3 is 2.18 bits per heavy atom. The van der Waals surface area contributed by atoms with Gasteiger partial charge in [0.15, 0.2) is 0 Å². The number of carbonyl (C=O) groups is 2. The van der Waals surface area contributed by atoms with Crippen molar-refractivity contribution in [2.24, 2.45) is 0 Å². The van der Waals surface area contributed by atoms with Gasteiger partial charge in [0.05, 0.1) is 37.1 Å². The van der Waals surface area contributed by atoms with E-state index >= 15 is 0 Å². The Labute approximate surface area is 177 Å². The van der Waals surface area contributed by atoms with Crippen LogP contribution >= 0.6 is 46.4 Å². The number of amides is 1. The predicted octanol–water partition coefficient (Wildman–Crippen LogP) is 3.01. The number of fused-ring (bicyclic) bond motifs is 1. The molecule has 0 radical (unpaired) electrons. The molecule has 0 unspecified atom stereocenters. The Balaban J connectivity index is 2.00. The van der Waals surface area contributed by atoms with Gasteiger partial charge in [-0.3, -0.25) is 9.59 Å². The largest absolute Gasteiger partial charge is 0.543 e. The van der Waals surface area contributed by atoms with Crippen molar-refractivity contribution in [3.63, 3.8) is 0 Å². The van der Waals surface area contributed by atoms with Crippen LogP contribution in [-0.2, 0) is 11.3 Å². The lowest BCUT2D eigenvalue weighted by molar-refractivity contribution is -0.255. The maximum Gasteiger partial charge on any atom is 0.275 e. The standard InChI is InChI=1S/C17H9Cl4N3O4/c18-9-5-10(19)13(21)15(12(9)20)22-11(25)6-24-16(26)8-4-2-1-3-7(8)14(23-24)17(27)28/h1-5H,6H2,(H,22,25)(H,27,28)/p-1. The fourth-order valence-corrected chi connectivity index (χ4v) is 3.39. The zero-order chi connectivity index (χ0) is 20.6. The molecule has 28 heavy (non-hydrogen) atoms. The van der Waals surface area contributed by atoms with E-state index in [0.29, 0.717) is 4.68 Å². The van der Waals surface area contributed by atoms with E-state index in [-0.39, 0.29) is 36.6 Å². The predicted molar refractivity (Wildman–Crippen MR) is 105 cm³/mol. The van der Waals surface area contributed by atoms with Gasteiger partial charge in [-0.2, -0.15) is 5.10 Å². The molecule has 11 heteroatoms. The molecule has 0 aliphatic rings. The van der Waals surface area contributed by atoms with Crippen LogP contribution in [0.15, 0.2) is 35.1 Å². The first-order valence-electron chi connectivity index (χ1n) is 7.54. The van der Waals surface area contributed by atoms with Crippen molar-refractivity contribution in [1.82, 2.24) is 9.78 Å². The Morgan fingerprint density at radius 2 is 1.61 bits per heavy atom. The summed E-state index contributed by atoms with van der Waals surface area (Å²) in [5, 5.41) is 17.7. The van der Waals surface area contributed by atoms with E-state index in [4.69, 9.17) is 46.4 Å². The van der Waals surface area contributed by atoms with Crippen molar-refractivity contribution >= 4 is 74.7 Å². The van der Waals surface area contributed by atoms with Gasteiger partial charge in [0.2, 0.25) is 5.91 Å². The van der Waals surface area contributed by atoms with Crippen molar-refractivity contribution in [2.75, 3.05) is 5.32 Å². The number of hydrogen-bond acceptors (Lipinski definition) is 5. The molecule has 0 aliphatic carbocycles. The molecule has 0 fully saturated rings. The van der Waals surface area contributed by atoms with Gasteiger partial charge in [-0.1, -0.05) is 64.6 Å². The van der Waals surface area contributed by atoms with E-state index in [9.17, 15) is 19.5 Å². The van der Waals surface area contributed by atoms with Gasteiger partial charge >= 0.3 is 0 Å². The van der Waals surface area contributed by atoms with E-state index in [1.165, 1.54) is 18.2 Å². The van der Waals surface area contributed by atoms with Gasteiger partial charge in [0, 0.05) is 5.39 Å². The van der Waals surface area contributed by atoms with Crippen molar-refractivity contribution in [3.05, 3.63) is 66.5 Å². The first kappa shape index (κ1) is 20.4. The molecule has 144 valence electrons. The number of anilines is 1. The zero-order valence-corrected chi connectivity index (χ0v) is 16.7. The topological polar surface area (TPSA) is 104 Å². The number of carbonyl (C=O) groups excluding carboxylic acids is 2. The smallest absolute Gasteiger partial charge is 0.275 e. The second kappa shape index (κ2) is 7.97. The summed E-state index contributed by atoms with van der Waals surface area (Å²) in [6.07, 6.45) is 0. The first-order valence-corrected chi connectivity index (χ1v) is 9.06. The van der Waals surface area contributed by atoms with Crippen LogP contribution < -0.4 is 16.0 Å². The normalized spacial score (nSPS) is 10.9. The Bertz CT molecular complexity index is 1170. The van der Waals surface area contributed by atoms with Gasteiger partial charge in [0.1, 0.15) is 12.2 Å². The van der Waals surface area contributed by atoms with Gasteiger partial charge < -0.3 is 15.2 Å². The van der Waals surface area contributed by atoms with Crippen LogP contribution in [0.25, 0.3) is 10.8 Å². The zero-order valence-electron chi connectivity index (χ0n) is 13.6. The van der Waals surface area contributed by atoms with Crippen LogP contribution in [0.3, 0.4) is 0 Å². The monoisotopic (exact) mass is 458 g/mol. The highest BCUT2D eigenvalue weighted by molar-refractivity contribution is 6.50. The fraction of sp³-hybridized carbons (Fsp3) is 0.0588. The molecule has 2 aromatic carbocycles. The summed E-state index contributed by atoms with van der Waals surface area (Å²) in [6.45, 7) is -0.610. The summed E-state index contributed by atoms with van der Waals surface area (Å²) in [5.74, 6) is -2.34. The average molecular weight is 460 g/mol.